The molecule has 2 amide bonds. The van der Waals surface area contributed by atoms with Gasteiger partial charge in [-0.3, -0.25) is 9.59 Å². The monoisotopic (exact) mass is 355 g/mol. The molecule has 136 valence electrons. The Bertz CT molecular complexity index is 889. The van der Waals surface area contributed by atoms with Crippen molar-refractivity contribution >= 4 is 17.5 Å². The molecule has 2 aromatic rings. The Morgan fingerprint density at radius 3 is 2.81 bits per heavy atom. The van der Waals surface area contributed by atoms with Crippen LogP contribution in [0.5, 0.6) is 0 Å². The van der Waals surface area contributed by atoms with Gasteiger partial charge in [0.1, 0.15) is 11.5 Å². The van der Waals surface area contributed by atoms with E-state index < -0.39 is 0 Å². The maximum atomic E-state index is 12.2. The van der Waals surface area contributed by atoms with Gasteiger partial charge in [0.05, 0.1) is 17.5 Å². The Hall–Kier alpha value is -3.09. The fraction of sp³-hybridized carbons (Fsp3) is 0.316. The second kappa shape index (κ2) is 7.43. The summed E-state index contributed by atoms with van der Waals surface area (Å²) < 4.78 is 10.9. The minimum Gasteiger partial charge on any atom is -0.469 e. The molecular weight excluding hydrogens is 334 g/mol. The highest BCUT2D eigenvalue weighted by Crippen LogP contribution is 2.29. The Kier molecular flexibility index (Phi) is 5.06. The fourth-order valence-electron chi connectivity index (χ4n) is 3.04. The Morgan fingerprint density at radius 2 is 2.12 bits per heavy atom. The average Bonchev–Trinajstić information content (AvgIpc) is 3.21. The van der Waals surface area contributed by atoms with E-state index in [0.717, 1.165) is 29.7 Å². The van der Waals surface area contributed by atoms with E-state index >= 15 is 0 Å². The van der Waals surface area contributed by atoms with Crippen LogP contribution in [0.1, 0.15) is 56.4 Å². The van der Waals surface area contributed by atoms with Gasteiger partial charge in [0, 0.05) is 24.1 Å². The minimum absolute atomic E-state index is 0.281. The summed E-state index contributed by atoms with van der Waals surface area (Å²) in [5, 5.41) is 7.00. The zero-order chi connectivity index (χ0) is 18.7. The van der Waals surface area contributed by atoms with Gasteiger partial charge in [-0.05, 0) is 32.8 Å². The highest BCUT2D eigenvalue weighted by molar-refractivity contribution is 6.07. The molecule has 0 bridgehead atoms. The van der Waals surface area contributed by atoms with Crippen molar-refractivity contribution in [3.05, 3.63) is 59.0 Å². The third kappa shape index (κ3) is 3.33. The maximum Gasteiger partial charge on any atom is 0.287 e. The van der Waals surface area contributed by atoms with Crippen LogP contribution < -0.4 is 10.7 Å². The van der Waals surface area contributed by atoms with Gasteiger partial charge in [0.2, 0.25) is 0 Å². The third-order valence-corrected chi connectivity index (χ3v) is 4.33. The lowest BCUT2D eigenvalue weighted by Gasteiger charge is -2.13. The fourth-order valence-corrected chi connectivity index (χ4v) is 3.04. The van der Waals surface area contributed by atoms with Gasteiger partial charge in [-0.2, -0.15) is 5.10 Å². The first-order valence-electron chi connectivity index (χ1n) is 8.45. The van der Waals surface area contributed by atoms with Gasteiger partial charge >= 0.3 is 0 Å². The van der Waals surface area contributed by atoms with Crippen molar-refractivity contribution in [1.29, 1.82) is 0 Å². The summed E-state index contributed by atoms with van der Waals surface area (Å²) in [6, 6.07) is 1.60. The second-order valence-corrected chi connectivity index (χ2v) is 6.10. The minimum atomic E-state index is -0.332. The molecule has 0 aliphatic heterocycles. The summed E-state index contributed by atoms with van der Waals surface area (Å²) in [6.45, 7) is 7.49. The van der Waals surface area contributed by atoms with Crippen molar-refractivity contribution < 1.29 is 18.4 Å². The number of hydrazone groups is 1. The number of nitrogens with zero attached hydrogens (tertiary/aromatic N) is 1. The van der Waals surface area contributed by atoms with Crippen LogP contribution in [0.3, 0.4) is 0 Å². The number of hydrogen-bond acceptors (Lipinski definition) is 5. The average molecular weight is 355 g/mol. The van der Waals surface area contributed by atoms with Crippen molar-refractivity contribution in [2.45, 2.75) is 33.1 Å². The first-order valence-corrected chi connectivity index (χ1v) is 8.45. The zero-order valence-corrected chi connectivity index (χ0v) is 14.8. The first kappa shape index (κ1) is 17.7. The van der Waals surface area contributed by atoms with Gasteiger partial charge < -0.3 is 14.2 Å². The lowest BCUT2D eigenvalue weighted by molar-refractivity contribution is 0.0925. The topological polar surface area (TPSA) is 96.8 Å². The number of nitrogens with one attached hydrogen (secondary N) is 2. The van der Waals surface area contributed by atoms with Gasteiger partial charge in [-0.1, -0.05) is 6.08 Å². The molecule has 0 atom stereocenters. The van der Waals surface area contributed by atoms with Crippen LogP contribution in [0.4, 0.5) is 0 Å². The van der Waals surface area contributed by atoms with Crippen molar-refractivity contribution in [2.75, 3.05) is 6.54 Å². The van der Waals surface area contributed by atoms with E-state index in [4.69, 9.17) is 8.83 Å². The zero-order valence-electron chi connectivity index (χ0n) is 14.8. The molecule has 2 heterocycles. The molecule has 0 saturated heterocycles. The predicted octanol–water partition coefficient (Wildman–Crippen LogP) is 2.88. The lowest BCUT2D eigenvalue weighted by Crippen LogP contribution is -2.24. The summed E-state index contributed by atoms with van der Waals surface area (Å²) in [6.07, 6.45) is 5.35. The van der Waals surface area contributed by atoms with E-state index in [0.29, 0.717) is 30.0 Å². The van der Waals surface area contributed by atoms with E-state index in [-0.39, 0.29) is 17.6 Å². The van der Waals surface area contributed by atoms with Gasteiger partial charge in [-0.15, -0.1) is 6.58 Å². The number of fused-ring (bicyclic) bond motifs is 1. The van der Waals surface area contributed by atoms with Crippen LogP contribution in [0, 0.1) is 13.8 Å². The highest BCUT2D eigenvalue weighted by atomic mass is 16.4. The van der Waals surface area contributed by atoms with E-state index in [1.54, 1.807) is 19.1 Å². The van der Waals surface area contributed by atoms with Crippen LogP contribution in [0.15, 0.2) is 38.9 Å². The predicted molar refractivity (Wildman–Crippen MR) is 96.4 cm³/mol. The van der Waals surface area contributed by atoms with E-state index in [1.807, 2.05) is 6.92 Å². The SMILES string of the molecule is C=CCNC(=O)c1oc2c(c1C)/C(=N/NC(=O)c1ccoc1C)CCC2. The maximum absolute atomic E-state index is 12.2. The first-order chi connectivity index (χ1) is 12.5. The van der Waals surface area contributed by atoms with E-state index in [1.165, 1.54) is 6.26 Å². The molecule has 1 aliphatic carbocycles. The van der Waals surface area contributed by atoms with Crippen molar-refractivity contribution in [3.8, 4) is 0 Å². The molecule has 7 nitrogen and oxygen atoms in total. The van der Waals surface area contributed by atoms with Crippen molar-refractivity contribution in [2.24, 2.45) is 5.10 Å². The largest absolute Gasteiger partial charge is 0.469 e. The number of carbonyl (C=O) groups excluding carboxylic acids is 2. The van der Waals surface area contributed by atoms with E-state index in [9.17, 15) is 9.59 Å². The summed E-state index contributed by atoms with van der Waals surface area (Å²) in [5.41, 5.74) is 5.27. The quantitative estimate of drug-likeness (QED) is 0.636. The second-order valence-electron chi connectivity index (χ2n) is 6.10. The van der Waals surface area contributed by atoms with Crippen LogP contribution in [-0.2, 0) is 6.42 Å². The lowest BCUT2D eigenvalue weighted by atomic mass is 9.93. The number of carbonyl (C=O) groups is 2. The molecule has 0 spiro atoms. The molecule has 26 heavy (non-hydrogen) atoms. The molecule has 0 aromatic carbocycles. The van der Waals surface area contributed by atoms with Gasteiger partial charge in [0.25, 0.3) is 11.8 Å². The molecule has 0 radical (unpaired) electrons. The molecule has 1 aliphatic rings. The number of aryl methyl sites for hydroxylation is 2. The molecule has 2 N–H and O–H groups in total. The molecule has 0 unspecified atom stereocenters. The van der Waals surface area contributed by atoms with Crippen molar-refractivity contribution in [1.82, 2.24) is 10.7 Å². The molecule has 0 fully saturated rings. The van der Waals surface area contributed by atoms with E-state index in [2.05, 4.69) is 22.4 Å². The summed E-state index contributed by atoms with van der Waals surface area (Å²) in [5.74, 6) is 0.927. The molecule has 3 rings (SSSR count). The van der Waals surface area contributed by atoms with Crippen LogP contribution >= 0.6 is 0 Å². The molecule has 0 saturated carbocycles. The number of hydrogen-bond donors (Lipinski definition) is 2. The molecular formula is C19H21N3O4. The Morgan fingerprint density at radius 1 is 1.31 bits per heavy atom. The summed E-state index contributed by atoms with van der Waals surface area (Å²) in [7, 11) is 0. The summed E-state index contributed by atoms with van der Waals surface area (Å²) >= 11 is 0. The van der Waals surface area contributed by atoms with Crippen molar-refractivity contribution in [3.63, 3.8) is 0 Å². The van der Waals surface area contributed by atoms with Crippen LogP contribution in [0.25, 0.3) is 0 Å². The number of amides is 2. The van der Waals surface area contributed by atoms with Crippen LogP contribution in [-0.4, -0.2) is 24.1 Å². The van der Waals surface area contributed by atoms with Crippen LogP contribution in [0.2, 0.25) is 0 Å². The number of furan rings is 2. The highest BCUT2D eigenvalue weighted by Gasteiger charge is 2.28. The Labute approximate surface area is 151 Å². The van der Waals surface area contributed by atoms with Gasteiger partial charge in [-0.25, -0.2) is 5.43 Å². The smallest absolute Gasteiger partial charge is 0.287 e. The van der Waals surface area contributed by atoms with Gasteiger partial charge in [0.15, 0.2) is 5.76 Å². The molecule has 7 heteroatoms. The Balaban J connectivity index is 1.85. The number of rotatable bonds is 5. The molecule has 2 aromatic heterocycles. The normalized spacial score (nSPS) is 14.8. The third-order valence-electron chi connectivity index (χ3n) is 4.33. The standard InChI is InChI=1S/C19H21N3O4/c1-4-9-20-19(24)17-11(2)16-14(6-5-7-15(16)26-17)21-22-18(23)13-8-10-25-12(13)3/h4,8,10H,1,5-7,9H2,2-3H3,(H,20,24)(H,22,23)/b21-14+. The summed E-state index contributed by atoms with van der Waals surface area (Å²) in [4.78, 5) is 24.5.